The van der Waals surface area contributed by atoms with Gasteiger partial charge in [-0.05, 0) is 42.5 Å². The van der Waals surface area contributed by atoms with E-state index >= 15 is 0 Å². The van der Waals surface area contributed by atoms with Crippen molar-refractivity contribution in [2.75, 3.05) is 13.2 Å². The normalized spacial score (nSPS) is 14.0. The van der Waals surface area contributed by atoms with Crippen LogP contribution in [0.25, 0.3) is 11.1 Å². The van der Waals surface area contributed by atoms with Crippen LogP contribution in [0.4, 0.5) is 4.79 Å². The summed E-state index contributed by atoms with van der Waals surface area (Å²) in [6.07, 6.45) is 1.31. The Balaban J connectivity index is 1.70. The van der Waals surface area contributed by atoms with Crippen LogP contribution in [-0.4, -0.2) is 53.2 Å². The lowest BCUT2D eigenvalue weighted by molar-refractivity contribution is -0.150. The monoisotopic (exact) mass is 452 g/mol. The Morgan fingerprint density at radius 1 is 1.03 bits per heavy atom. The van der Waals surface area contributed by atoms with Crippen LogP contribution in [0.5, 0.6) is 0 Å². The number of nitrogens with one attached hydrogen (secondary N) is 1. The van der Waals surface area contributed by atoms with E-state index in [-0.39, 0.29) is 19.1 Å². The molecule has 0 aromatic heterocycles. The van der Waals surface area contributed by atoms with Crippen LogP contribution in [0.15, 0.2) is 48.5 Å². The number of hydrogen-bond acceptors (Lipinski definition) is 4. The van der Waals surface area contributed by atoms with Crippen molar-refractivity contribution in [1.29, 1.82) is 0 Å². The molecule has 0 radical (unpaired) electrons. The quantitative estimate of drug-likeness (QED) is 0.557. The topological polar surface area (TPSA) is 95.9 Å². The van der Waals surface area contributed by atoms with Crippen LogP contribution in [0.1, 0.15) is 57.1 Å². The minimum absolute atomic E-state index is 0.0767. The third-order valence-electron chi connectivity index (χ3n) is 6.23. The standard InChI is InChI=1S/C26H32N2O5/c1-4-6-15-23(24(29)28(5-2)17(3)25(30)31)27-26(32)33-16-22-20-13-9-7-11-18(20)19-12-8-10-14-21(19)22/h7-14,17,22-23H,4-6,15-16H2,1-3H3,(H,27,32)(H,30,31). The average molecular weight is 453 g/mol. The van der Waals surface area contributed by atoms with Crippen LogP contribution in [0.3, 0.4) is 0 Å². The predicted octanol–water partition coefficient (Wildman–Crippen LogP) is 4.41. The van der Waals surface area contributed by atoms with Gasteiger partial charge >= 0.3 is 12.1 Å². The first-order chi connectivity index (χ1) is 15.9. The van der Waals surface area contributed by atoms with Gasteiger partial charge in [0, 0.05) is 12.5 Å². The summed E-state index contributed by atoms with van der Waals surface area (Å²) in [5.41, 5.74) is 4.49. The molecule has 1 aliphatic rings. The molecular weight excluding hydrogens is 420 g/mol. The van der Waals surface area contributed by atoms with Gasteiger partial charge < -0.3 is 20.1 Å². The van der Waals surface area contributed by atoms with Crippen molar-refractivity contribution in [3.05, 3.63) is 59.7 Å². The van der Waals surface area contributed by atoms with Gasteiger partial charge in [0.25, 0.3) is 0 Å². The first-order valence-corrected chi connectivity index (χ1v) is 11.5. The number of carbonyl (C=O) groups excluding carboxylic acids is 2. The molecule has 2 aromatic carbocycles. The van der Waals surface area contributed by atoms with Gasteiger partial charge in [-0.25, -0.2) is 9.59 Å². The van der Waals surface area contributed by atoms with Gasteiger partial charge in [-0.1, -0.05) is 68.3 Å². The third kappa shape index (κ3) is 5.35. The Labute approximate surface area is 194 Å². The van der Waals surface area contributed by atoms with E-state index in [1.54, 1.807) is 6.92 Å². The lowest BCUT2D eigenvalue weighted by atomic mass is 9.98. The number of hydrogen-bond donors (Lipinski definition) is 2. The minimum Gasteiger partial charge on any atom is -0.480 e. The molecule has 3 rings (SSSR count). The Morgan fingerprint density at radius 2 is 1.61 bits per heavy atom. The highest BCUT2D eigenvalue weighted by Crippen LogP contribution is 2.44. The molecule has 33 heavy (non-hydrogen) atoms. The highest BCUT2D eigenvalue weighted by molar-refractivity contribution is 5.89. The SMILES string of the molecule is CCCCC(NC(=O)OCC1c2ccccc2-c2ccccc21)C(=O)N(CC)C(C)C(=O)O. The second-order valence-electron chi connectivity index (χ2n) is 8.30. The molecule has 2 N–H and O–H groups in total. The molecule has 2 amide bonds. The Kier molecular flexibility index (Phi) is 8.09. The van der Waals surface area contributed by atoms with Crippen LogP contribution in [0.2, 0.25) is 0 Å². The summed E-state index contributed by atoms with van der Waals surface area (Å²) in [6, 6.07) is 14.3. The summed E-state index contributed by atoms with van der Waals surface area (Å²) in [4.78, 5) is 38.4. The van der Waals surface area contributed by atoms with Gasteiger partial charge in [-0.15, -0.1) is 0 Å². The molecule has 7 nitrogen and oxygen atoms in total. The van der Waals surface area contributed by atoms with E-state index < -0.39 is 30.1 Å². The third-order valence-corrected chi connectivity index (χ3v) is 6.23. The highest BCUT2D eigenvalue weighted by atomic mass is 16.5. The summed E-state index contributed by atoms with van der Waals surface area (Å²) in [7, 11) is 0. The number of alkyl carbamates (subject to hydrolysis) is 1. The summed E-state index contributed by atoms with van der Waals surface area (Å²) < 4.78 is 5.58. The number of fused-ring (bicyclic) bond motifs is 3. The van der Waals surface area contributed by atoms with E-state index in [9.17, 15) is 19.5 Å². The summed E-state index contributed by atoms with van der Waals surface area (Å²) in [5, 5.41) is 12.0. The molecule has 176 valence electrons. The number of ether oxygens (including phenoxy) is 1. The van der Waals surface area contributed by atoms with Crippen LogP contribution in [0, 0.1) is 0 Å². The predicted molar refractivity (Wildman–Crippen MR) is 126 cm³/mol. The second-order valence-corrected chi connectivity index (χ2v) is 8.30. The largest absolute Gasteiger partial charge is 0.480 e. The fraction of sp³-hybridized carbons (Fsp3) is 0.423. The molecular formula is C26H32N2O5. The molecule has 0 bridgehead atoms. The van der Waals surface area contributed by atoms with E-state index in [0.717, 1.165) is 35.1 Å². The van der Waals surface area contributed by atoms with Crippen LogP contribution >= 0.6 is 0 Å². The van der Waals surface area contributed by atoms with Gasteiger partial charge in [0.2, 0.25) is 5.91 Å². The Morgan fingerprint density at radius 3 is 2.12 bits per heavy atom. The van der Waals surface area contributed by atoms with Crippen molar-refractivity contribution in [1.82, 2.24) is 10.2 Å². The Hall–Kier alpha value is -3.35. The highest BCUT2D eigenvalue weighted by Gasteiger charge is 2.32. The molecule has 7 heteroatoms. The molecule has 2 aromatic rings. The smallest absolute Gasteiger partial charge is 0.407 e. The maximum absolute atomic E-state index is 13.0. The molecule has 0 fully saturated rings. The number of likely N-dealkylation sites (N-methyl/N-ethyl adjacent to an activating group) is 1. The number of nitrogens with zero attached hydrogens (tertiary/aromatic N) is 1. The van der Waals surface area contributed by atoms with E-state index in [1.165, 1.54) is 11.8 Å². The number of benzene rings is 2. The van der Waals surface area contributed by atoms with Crippen molar-refractivity contribution in [3.8, 4) is 11.1 Å². The molecule has 0 aliphatic heterocycles. The first kappa shape index (κ1) is 24.3. The number of carbonyl (C=O) groups is 3. The number of aliphatic carboxylic acids is 1. The first-order valence-electron chi connectivity index (χ1n) is 11.5. The van der Waals surface area contributed by atoms with Gasteiger partial charge in [0.15, 0.2) is 0 Å². The second kappa shape index (κ2) is 11.0. The van der Waals surface area contributed by atoms with Gasteiger partial charge in [0.1, 0.15) is 18.7 Å². The number of unbranched alkanes of at least 4 members (excludes halogenated alkanes) is 1. The van der Waals surface area contributed by atoms with E-state index in [4.69, 9.17) is 4.74 Å². The molecule has 2 unspecified atom stereocenters. The van der Waals surface area contributed by atoms with E-state index in [2.05, 4.69) is 17.4 Å². The van der Waals surface area contributed by atoms with E-state index in [1.807, 2.05) is 43.3 Å². The fourth-order valence-electron chi connectivity index (χ4n) is 4.40. The zero-order valence-electron chi connectivity index (χ0n) is 19.4. The fourth-order valence-corrected chi connectivity index (χ4v) is 4.40. The molecule has 2 atom stereocenters. The maximum atomic E-state index is 13.0. The maximum Gasteiger partial charge on any atom is 0.407 e. The summed E-state index contributed by atoms with van der Waals surface area (Å²) in [5.74, 6) is -1.57. The van der Waals surface area contributed by atoms with Crippen LogP contribution < -0.4 is 5.32 Å². The van der Waals surface area contributed by atoms with Gasteiger partial charge in [-0.2, -0.15) is 0 Å². The number of rotatable bonds is 10. The van der Waals surface area contributed by atoms with Gasteiger partial charge in [0.05, 0.1) is 0 Å². The molecule has 0 saturated carbocycles. The van der Waals surface area contributed by atoms with Crippen molar-refractivity contribution < 1.29 is 24.2 Å². The molecule has 0 heterocycles. The average Bonchev–Trinajstić information content (AvgIpc) is 3.14. The van der Waals surface area contributed by atoms with Crippen molar-refractivity contribution in [2.45, 2.75) is 58.0 Å². The number of carboxylic acids is 1. The number of carboxylic acid groups (broad SMARTS) is 1. The minimum atomic E-state index is -1.08. The molecule has 0 spiro atoms. The zero-order valence-corrected chi connectivity index (χ0v) is 19.4. The lowest BCUT2D eigenvalue weighted by Gasteiger charge is -2.29. The number of amides is 2. The van der Waals surface area contributed by atoms with Crippen molar-refractivity contribution >= 4 is 18.0 Å². The van der Waals surface area contributed by atoms with Crippen LogP contribution in [-0.2, 0) is 14.3 Å². The summed E-state index contributed by atoms with van der Waals surface area (Å²) in [6.45, 7) is 5.57. The van der Waals surface area contributed by atoms with E-state index in [0.29, 0.717) is 6.42 Å². The Bertz CT molecular complexity index is 960. The van der Waals surface area contributed by atoms with Gasteiger partial charge in [-0.3, -0.25) is 4.79 Å². The zero-order chi connectivity index (χ0) is 24.0. The molecule has 1 aliphatic carbocycles. The molecule has 0 saturated heterocycles. The summed E-state index contributed by atoms with van der Waals surface area (Å²) >= 11 is 0. The van der Waals surface area contributed by atoms with Crippen molar-refractivity contribution in [2.24, 2.45) is 0 Å². The lowest BCUT2D eigenvalue weighted by Crippen LogP contribution is -2.53. The van der Waals surface area contributed by atoms with Crippen molar-refractivity contribution in [3.63, 3.8) is 0 Å².